The number of rotatable bonds is 6. The van der Waals surface area contributed by atoms with E-state index in [0.29, 0.717) is 0 Å². The molecule has 0 atom stereocenters. The first kappa shape index (κ1) is 15.0. The van der Waals surface area contributed by atoms with E-state index >= 15 is 0 Å². The summed E-state index contributed by atoms with van der Waals surface area (Å²) in [7, 11) is -2.33. The highest BCUT2D eigenvalue weighted by Gasteiger charge is 2.13. The monoisotopic (exact) mass is 282 g/mol. The third-order valence-corrected chi connectivity index (χ3v) is 3.69. The molecular weight excluding hydrogens is 268 g/mol. The van der Waals surface area contributed by atoms with Crippen molar-refractivity contribution in [3.05, 3.63) is 29.8 Å². The average Bonchev–Trinajstić information content (AvgIpc) is 2.38. The van der Waals surface area contributed by atoms with Crippen molar-refractivity contribution in [1.29, 1.82) is 5.26 Å². The molecule has 6 nitrogen and oxygen atoms in total. The van der Waals surface area contributed by atoms with E-state index in [9.17, 15) is 13.2 Å². The van der Waals surface area contributed by atoms with E-state index in [1.807, 2.05) is 6.07 Å². The molecule has 7 heteroatoms. The summed E-state index contributed by atoms with van der Waals surface area (Å²) >= 11 is 0. The summed E-state index contributed by atoms with van der Waals surface area (Å²) < 4.78 is 30.3. The molecular formula is C12H14N2O4S. The molecule has 0 amide bonds. The Morgan fingerprint density at radius 2 is 2.11 bits per heavy atom. The van der Waals surface area contributed by atoms with Gasteiger partial charge in [0.05, 0.1) is 24.1 Å². The van der Waals surface area contributed by atoms with Gasteiger partial charge in [-0.25, -0.2) is 8.42 Å². The fourth-order valence-electron chi connectivity index (χ4n) is 1.40. The maximum absolute atomic E-state index is 11.8. The van der Waals surface area contributed by atoms with Crippen molar-refractivity contribution in [3.8, 4) is 6.07 Å². The SMILES string of the molecule is COC(=O)CCCS(=O)(=O)Nc1ccccc1C#N. The Kier molecular flexibility index (Phi) is 5.33. The topological polar surface area (TPSA) is 96.3 Å². The first-order valence-corrected chi connectivity index (χ1v) is 7.20. The molecule has 0 fully saturated rings. The van der Waals surface area contributed by atoms with Gasteiger partial charge in [-0.2, -0.15) is 5.26 Å². The molecule has 0 unspecified atom stereocenters. The number of ether oxygens (including phenoxy) is 1. The molecule has 0 radical (unpaired) electrons. The number of hydrogen-bond acceptors (Lipinski definition) is 5. The second-order valence-corrected chi connectivity index (χ2v) is 5.60. The van der Waals surface area contributed by atoms with Gasteiger partial charge in [-0.05, 0) is 18.6 Å². The lowest BCUT2D eigenvalue weighted by atomic mass is 10.2. The number of methoxy groups -OCH3 is 1. The number of hydrogen-bond donors (Lipinski definition) is 1. The summed E-state index contributed by atoms with van der Waals surface area (Å²) in [6.07, 6.45) is 0.202. The molecule has 102 valence electrons. The minimum Gasteiger partial charge on any atom is -0.469 e. The summed E-state index contributed by atoms with van der Waals surface area (Å²) in [6.45, 7) is 0. The van der Waals surface area contributed by atoms with Crippen LogP contribution >= 0.6 is 0 Å². The van der Waals surface area contributed by atoms with Gasteiger partial charge in [-0.1, -0.05) is 12.1 Å². The zero-order valence-corrected chi connectivity index (χ0v) is 11.2. The van der Waals surface area contributed by atoms with Crippen molar-refractivity contribution in [2.75, 3.05) is 17.6 Å². The Morgan fingerprint density at radius 3 is 2.74 bits per heavy atom. The lowest BCUT2D eigenvalue weighted by molar-refractivity contribution is -0.140. The lowest BCUT2D eigenvalue weighted by Crippen LogP contribution is -2.18. The molecule has 0 saturated carbocycles. The molecule has 0 aromatic heterocycles. The standard InChI is InChI=1S/C12H14N2O4S/c1-18-12(15)7-4-8-19(16,17)14-11-6-3-2-5-10(11)9-13/h2-3,5-6,14H,4,7-8H2,1H3. The Labute approximate surface area is 112 Å². The molecule has 0 heterocycles. The number of para-hydroxylation sites is 1. The van der Waals surface area contributed by atoms with E-state index in [4.69, 9.17) is 5.26 Å². The minimum absolute atomic E-state index is 0.0390. The van der Waals surface area contributed by atoms with Crippen LogP contribution in [0.3, 0.4) is 0 Å². The van der Waals surface area contributed by atoms with Gasteiger partial charge in [0.25, 0.3) is 0 Å². The highest BCUT2D eigenvalue weighted by molar-refractivity contribution is 7.92. The summed E-state index contributed by atoms with van der Waals surface area (Å²) in [6, 6.07) is 8.21. The number of carbonyl (C=O) groups excluding carboxylic acids is 1. The first-order chi connectivity index (χ1) is 8.98. The second kappa shape index (κ2) is 6.75. The van der Waals surface area contributed by atoms with Crippen LogP contribution in [-0.2, 0) is 19.6 Å². The normalized spacial score (nSPS) is 10.5. The van der Waals surface area contributed by atoms with Crippen molar-refractivity contribution < 1.29 is 17.9 Å². The molecule has 1 N–H and O–H groups in total. The number of carbonyl (C=O) groups is 1. The van der Waals surface area contributed by atoms with Crippen LogP contribution in [0.5, 0.6) is 0 Å². The van der Waals surface area contributed by atoms with Crippen LogP contribution in [0, 0.1) is 11.3 Å². The highest BCUT2D eigenvalue weighted by Crippen LogP contribution is 2.15. The van der Waals surface area contributed by atoms with Gasteiger partial charge in [-0.3, -0.25) is 9.52 Å². The third kappa shape index (κ3) is 4.97. The molecule has 0 saturated heterocycles. The Balaban J connectivity index is 2.65. The number of anilines is 1. The number of esters is 1. The number of nitriles is 1. The average molecular weight is 282 g/mol. The number of nitrogens with zero attached hydrogens (tertiary/aromatic N) is 1. The third-order valence-electron chi connectivity index (χ3n) is 2.33. The van der Waals surface area contributed by atoms with Gasteiger partial charge in [0.2, 0.25) is 10.0 Å². The molecule has 19 heavy (non-hydrogen) atoms. The highest BCUT2D eigenvalue weighted by atomic mass is 32.2. The predicted molar refractivity (Wildman–Crippen MR) is 69.8 cm³/mol. The summed E-state index contributed by atoms with van der Waals surface area (Å²) in [5.74, 6) is -0.658. The van der Waals surface area contributed by atoms with Crippen molar-refractivity contribution in [2.24, 2.45) is 0 Å². The molecule has 0 aliphatic heterocycles. The quantitative estimate of drug-likeness (QED) is 0.792. The van der Waals surface area contributed by atoms with E-state index in [2.05, 4.69) is 9.46 Å². The fraction of sp³-hybridized carbons (Fsp3) is 0.333. The largest absolute Gasteiger partial charge is 0.469 e. The molecule has 1 aromatic rings. The van der Waals surface area contributed by atoms with Crippen LogP contribution in [0.2, 0.25) is 0 Å². The van der Waals surface area contributed by atoms with E-state index < -0.39 is 16.0 Å². The summed E-state index contributed by atoms with van der Waals surface area (Å²) in [5.41, 5.74) is 0.488. The van der Waals surface area contributed by atoms with Crippen LogP contribution in [0.1, 0.15) is 18.4 Å². The van der Waals surface area contributed by atoms with Gasteiger partial charge in [0.15, 0.2) is 0 Å². The second-order valence-electron chi connectivity index (χ2n) is 3.76. The Bertz CT molecular complexity index is 590. The van der Waals surface area contributed by atoms with Crippen molar-refractivity contribution in [3.63, 3.8) is 0 Å². The van der Waals surface area contributed by atoms with Gasteiger partial charge in [0.1, 0.15) is 6.07 Å². The van der Waals surface area contributed by atoms with Crippen molar-refractivity contribution >= 4 is 21.7 Å². The number of sulfonamides is 1. The maximum Gasteiger partial charge on any atom is 0.305 e. The zero-order valence-electron chi connectivity index (χ0n) is 10.4. The van der Waals surface area contributed by atoms with Crippen molar-refractivity contribution in [2.45, 2.75) is 12.8 Å². The van der Waals surface area contributed by atoms with Crippen LogP contribution < -0.4 is 4.72 Å². The van der Waals surface area contributed by atoms with E-state index in [1.165, 1.54) is 19.2 Å². The van der Waals surface area contributed by atoms with Gasteiger partial charge in [-0.15, -0.1) is 0 Å². The molecule has 0 aliphatic rings. The molecule has 0 aliphatic carbocycles. The molecule has 1 aromatic carbocycles. The van der Waals surface area contributed by atoms with Gasteiger partial charge >= 0.3 is 5.97 Å². The van der Waals surface area contributed by atoms with E-state index in [-0.39, 0.29) is 29.8 Å². The van der Waals surface area contributed by atoms with Gasteiger partial charge in [0, 0.05) is 6.42 Å². The Hall–Kier alpha value is -2.07. The lowest BCUT2D eigenvalue weighted by Gasteiger charge is -2.08. The summed E-state index contributed by atoms with van der Waals surface area (Å²) in [5, 5.41) is 8.85. The van der Waals surface area contributed by atoms with Crippen LogP contribution in [0.15, 0.2) is 24.3 Å². The smallest absolute Gasteiger partial charge is 0.305 e. The van der Waals surface area contributed by atoms with Crippen LogP contribution in [0.25, 0.3) is 0 Å². The fourth-order valence-corrected chi connectivity index (χ4v) is 2.54. The summed E-state index contributed by atoms with van der Waals surface area (Å²) in [4.78, 5) is 10.9. The number of benzene rings is 1. The first-order valence-electron chi connectivity index (χ1n) is 5.55. The molecule has 1 rings (SSSR count). The molecule has 0 bridgehead atoms. The van der Waals surface area contributed by atoms with Crippen LogP contribution in [0.4, 0.5) is 5.69 Å². The molecule has 0 spiro atoms. The van der Waals surface area contributed by atoms with E-state index in [1.54, 1.807) is 12.1 Å². The zero-order chi connectivity index (χ0) is 14.3. The predicted octanol–water partition coefficient (Wildman–Crippen LogP) is 1.25. The van der Waals surface area contributed by atoms with Crippen molar-refractivity contribution in [1.82, 2.24) is 0 Å². The minimum atomic E-state index is -3.58. The Morgan fingerprint density at radius 1 is 1.42 bits per heavy atom. The van der Waals surface area contributed by atoms with E-state index in [0.717, 1.165) is 0 Å². The van der Waals surface area contributed by atoms with Gasteiger partial charge < -0.3 is 4.74 Å². The number of nitrogens with one attached hydrogen (secondary N) is 1. The maximum atomic E-state index is 11.8. The van der Waals surface area contributed by atoms with Crippen LogP contribution in [-0.4, -0.2) is 27.2 Å².